The van der Waals surface area contributed by atoms with Crippen molar-refractivity contribution in [2.75, 3.05) is 26.4 Å². The zero-order valence-corrected chi connectivity index (χ0v) is 18.3. The van der Waals surface area contributed by atoms with Gasteiger partial charge in [-0.15, -0.1) is 0 Å². The number of halogens is 2. The van der Waals surface area contributed by atoms with Gasteiger partial charge in [0.15, 0.2) is 0 Å². The second-order valence-electron chi connectivity index (χ2n) is 8.74. The summed E-state index contributed by atoms with van der Waals surface area (Å²) in [4.78, 5) is 10.6. The normalized spacial score (nSPS) is 26.3. The third-order valence-electron chi connectivity index (χ3n) is 6.73. The van der Waals surface area contributed by atoms with Crippen molar-refractivity contribution in [2.24, 2.45) is 11.8 Å². The molecule has 33 heavy (non-hydrogen) atoms. The van der Waals surface area contributed by atoms with Gasteiger partial charge in [-0.1, -0.05) is 36.4 Å². The van der Waals surface area contributed by atoms with Crippen molar-refractivity contribution >= 4 is 5.97 Å². The predicted octanol–water partition coefficient (Wildman–Crippen LogP) is 4.50. The summed E-state index contributed by atoms with van der Waals surface area (Å²) in [5, 5.41) is 8.68. The van der Waals surface area contributed by atoms with E-state index in [0.29, 0.717) is 19.8 Å². The number of rotatable bonds is 11. The first-order chi connectivity index (χ1) is 16.0. The topological polar surface area (TPSA) is 65.0 Å². The Morgan fingerprint density at radius 2 is 1.76 bits per heavy atom. The molecule has 0 spiro atoms. The highest BCUT2D eigenvalue weighted by Gasteiger charge is 2.59. The van der Waals surface area contributed by atoms with Gasteiger partial charge in [-0.25, -0.2) is 13.6 Å². The van der Waals surface area contributed by atoms with Crippen LogP contribution in [0.15, 0.2) is 60.7 Å². The summed E-state index contributed by atoms with van der Waals surface area (Å²) in [5.41, 5.74) is 1.74. The molecule has 1 heterocycles. The first-order valence-electron chi connectivity index (χ1n) is 11.1. The fraction of sp³-hybridized carbons (Fsp3) is 0.423. The highest BCUT2D eigenvalue weighted by molar-refractivity contribution is 5.68. The third kappa shape index (κ3) is 5.49. The van der Waals surface area contributed by atoms with Crippen LogP contribution in [0.3, 0.4) is 0 Å². The largest absolute Gasteiger partial charge is 0.480 e. The maximum absolute atomic E-state index is 13.6. The number of hydrogen-bond acceptors (Lipinski definition) is 4. The molecule has 1 aliphatic heterocycles. The molecule has 0 amide bonds. The molecule has 1 N–H and O–H groups in total. The molecule has 2 aromatic rings. The number of hydrogen-bond donors (Lipinski definition) is 1. The van der Waals surface area contributed by atoms with E-state index < -0.39 is 5.97 Å². The molecular weight excluding hydrogens is 430 g/mol. The van der Waals surface area contributed by atoms with Gasteiger partial charge in [0, 0.05) is 11.3 Å². The number of aliphatic carboxylic acids is 1. The van der Waals surface area contributed by atoms with Crippen molar-refractivity contribution in [3.63, 3.8) is 0 Å². The van der Waals surface area contributed by atoms with Gasteiger partial charge in [-0.3, -0.25) is 0 Å². The molecule has 176 valence electrons. The van der Waals surface area contributed by atoms with Crippen LogP contribution in [-0.4, -0.2) is 43.6 Å². The van der Waals surface area contributed by atoms with Gasteiger partial charge in [0.25, 0.3) is 0 Å². The number of benzene rings is 2. The molecule has 1 saturated heterocycles. The molecule has 1 saturated carbocycles. The van der Waals surface area contributed by atoms with Crippen LogP contribution < -0.4 is 0 Å². The van der Waals surface area contributed by atoms with E-state index in [9.17, 15) is 13.6 Å². The standard InChI is InChI=1S/C26H28F2O5/c27-20-8-4-18(5-9-20)14-32-15-22-23(3-1-2-12-31-16-25(29)30)26(13-24(22)33-17-26)19-6-10-21(28)11-7-19/h1-2,4-11,22-24H,3,12-17H2,(H,29,30)/b2-1-/t22-,23-,24-,26-/m0/s1. The van der Waals surface area contributed by atoms with Gasteiger partial charge in [0.1, 0.15) is 18.2 Å². The summed E-state index contributed by atoms with van der Waals surface area (Å²) in [7, 11) is 0. The van der Waals surface area contributed by atoms with Crippen molar-refractivity contribution in [1.29, 1.82) is 0 Å². The molecule has 2 aliphatic rings. The molecule has 0 unspecified atom stereocenters. The van der Waals surface area contributed by atoms with Gasteiger partial charge >= 0.3 is 5.97 Å². The lowest BCUT2D eigenvalue weighted by molar-refractivity contribution is -0.141. The average molecular weight is 459 g/mol. The summed E-state index contributed by atoms with van der Waals surface area (Å²) in [5.74, 6) is -1.18. The van der Waals surface area contributed by atoms with Crippen molar-refractivity contribution in [3.8, 4) is 0 Å². The number of carboxylic acid groups (broad SMARTS) is 1. The van der Waals surface area contributed by atoms with Crippen LogP contribution in [0.1, 0.15) is 24.0 Å². The zero-order chi connectivity index (χ0) is 23.3. The lowest BCUT2D eigenvalue weighted by Gasteiger charge is -2.39. The molecule has 0 aromatic heterocycles. The Labute approximate surface area is 192 Å². The molecule has 7 heteroatoms. The van der Waals surface area contributed by atoms with Crippen LogP contribution in [0.5, 0.6) is 0 Å². The van der Waals surface area contributed by atoms with Crippen molar-refractivity contribution in [3.05, 3.63) is 83.4 Å². The van der Waals surface area contributed by atoms with E-state index in [4.69, 9.17) is 19.3 Å². The number of fused-ring (bicyclic) bond motifs is 2. The lowest BCUT2D eigenvalue weighted by atomic mass is 9.69. The third-order valence-corrected chi connectivity index (χ3v) is 6.73. The molecule has 0 radical (unpaired) electrons. The minimum atomic E-state index is -0.998. The molecule has 2 aromatic carbocycles. The van der Waals surface area contributed by atoms with E-state index in [1.165, 1.54) is 24.3 Å². The monoisotopic (exact) mass is 458 g/mol. The number of carbonyl (C=O) groups is 1. The fourth-order valence-corrected chi connectivity index (χ4v) is 5.17. The first kappa shape index (κ1) is 23.5. The molecule has 2 bridgehead atoms. The summed E-state index contributed by atoms with van der Waals surface area (Å²) >= 11 is 0. The van der Waals surface area contributed by atoms with Crippen LogP contribution in [-0.2, 0) is 31.0 Å². The van der Waals surface area contributed by atoms with E-state index in [2.05, 4.69) is 0 Å². The summed E-state index contributed by atoms with van der Waals surface area (Å²) in [6.45, 7) is 1.36. The second kappa shape index (κ2) is 10.5. The van der Waals surface area contributed by atoms with E-state index in [0.717, 1.165) is 24.0 Å². The number of allylic oxidation sites excluding steroid dienone is 1. The Kier molecular flexibility index (Phi) is 7.53. The Balaban J connectivity index is 1.45. The van der Waals surface area contributed by atoms with Gasteiger partial charge in [0.05, 0.1) is 32.5 Å². The molecular formula is C26H28F2O5. The van der Waals surface area contributed by atoms with Crippen LogP contribution in [0.2, 0.25) is 0 Å². The highest BCUT2D eigenvalue weighted by atomic mass is 19.1. The molecule has 4 atom stereocenters. The molecule has 2 fully saturated rings. The second-order valence-corrected chi connectivity index (χ2v) is 8.74. The number of ether oxygens (including phenoxy) is 3. The summed E-state index contributed by atoms with van der Waals surface area (Å²) in [6.07, 6.45) is 5.50. The molecule has 1 aliphatic carbocycles. The minimum absolute atomic E-state index is 0.0462. The Hall–Kier alpha value is -2.61. The van der Waals surface area contributed by atoms with Crippen LogP contribution in [0.25, 0.3) is 0 Å². The molecule has 4 rings (SSSR count). The minimum Gasteiger partial charge on any atom is -0.480 e. The quantitative estimate of drug-likeness (QED) is 0.397. The van der Waals surface area contributed by atoms with E-state index in [-0.39, 0.29) is 48.2 Å². The first-order valence-corrected chi connectivity index (χ1v) is 11.1. The SMILES string of the molecule is O=C(O)COC/C=C\C[C@H]1[C@H](COCc2ccc(F)cc2)[C@@H]2C[C@@]1(c1ccc(F)cc1)CO2. The van der Waals surface area contributed by atoms with Crippen LogP contribution >= 0.6 is 0 Å². The van der Waals surface area contributed by atoms with Gasteiger partial charge in [0.2, 0.25) is 0 Å². The fourth-order valence-electron chi connectivity index (χ4n) is 5.17. The van der Waals surface area contributed by atoms with Gasteiger partial charge < -0.3 is 19.3 Å². The van der Waals surface area contributed by atoms with E-state index in [1.54, 1.807) is 12.1 Å². The molecule has 5 nitrogen and oxygen atoms in total. The average Bonchev–Trinajstić information content (AvgIpc) is 3.36. The Bertz CT molecular complexity index is 960. The van der Waals surface area contributed by atoms with Gasteiger partial charge in [-0.2, -0.15) is 0 Å². The smallest absolute Gasteiger partial charge is 0.329 e. The maximum Gasteiger partial charge on any atom is 0.329 e. The maximum atomic E-state index is 13.6. The van der Waals surface area contributed by atoms with Crippen molar-refractivity contribution in [1.82, 2.24) is 0 Å². The van der Waals surface area contributed by atoms with Crippen molar-refractivity contribution in [2.45, 2.75) is 31.0 Å². The summed E-state index contributed by atoms with van der Waals surface area (Å²) in [6, 6.07) is 12.9. The Morgan fingerprint density at radius 1 is 1.06 bits per heavy atom. The predicted molar refractivity (Wildman–Crippen MR) is 118 cm³/mol. The highest BCUT2D eigenvalue weighted by Crippen LogP contribution is 2.56. The number of carboxylic acids is 1. The van der Waals surface area contributed by atoms with Crippen LogP contribution in [0, 0.1) is 23.5 Å². The summed E-state index contributed by atoms with van der Waals surface area (Å²) < 4.78 is 44.0. The van der Waals surface area contributed by atoms with Gasteiger partial charge in [-0.05, 0) is 54.2 Å². The van der Waals surface area contributed by atoms with E-state index in [1.807, 2.05) is 24.3 Å². The van der Waals surface area contributed by atoms with Crippen LogP contribution in [0.4, 0.5) is 8.78 Å². The van der Waals surface area contributed by atoms with E-state index >= 15 is 0 Å². The zero-order valence-electron chi connectivity index (χ0n) is 18.3. The lowest BCUT2D eigenvalue weighted by Crippen LogP contribution is -2.41. The van der Waals surface area contributed by atoms with Crippen molar-refractivity contribution < 1.29 is 32.9 Å². The Morgan fingerprint density at radius 3 is 2.45 bits per heavy atom.